The normalized spacial score (nSPS) is 19.2. The van der Waals surface area contributed by atoms with Gasteiger partial charge in [-0.3, -0.25) is 9.69 Å². The Kier molecular flexibility index (Phi) is 4.85. The van der Waals surface area contributed by atoms with Crippen molar-refractivity contribution in [3.05, 3.63) is 40.7 Å². The Hall–Kier alpha value is -1.72. The van der Waals surface area contributed by atoms with Crippen LogP contribution in [0.5, 0.6) is 0 Å². The topological polar surface area (TPSA) is 59.2 Å². The molecule has 1 amide bonds. The average molecular weight is 315 g/mol. The van der Waals surface area contributed by atoms with Gasteiger partial charge in [-0.25, -0.2) is 4.98 Å². The van der Waals surface area contributed by atoms with Gasteiger partial charge >= 0.3 is 0 Å². The predicted molar refractivity (Wildman–Crippen MR) is 89.4 cm³/mol. The molecule has 0 spiro atoms. The van der Waals surface area contributed by atoms with Gasteiger partial charge in [0.1, 0.15) is 5.01 Å². The minimum atomic E-state index is -0.188. The maximum Gasteiger partial charge on any atom is 0.217 e. The third kappa shape index (κ3) is 3.93. The maximum atomic E-state index is 11.1. The summed E-state index contributed by atoms with van der Waals surface area (Å²) in [5.41, 5.74) is 7.53. The van der Waals surface area contributed by atoms with Gasteiger partial charge in [0.05, 0.1) is 12.2 Å². The summed E-state index contributed by atoms with van der Waals surface area (Å²) in [4.78, 5) is 18.2. The van der Waals surface area contributed by atoms with Crippen LogP contribution in [0.15, 0.2) is 35.7 Å². The quantitative estimate of drug-likeness (QED) is 0.923. The standard InChI is InChI=1S/C17H21N3OS/c18-16(21)9-13-5-4-8-20(10-13)11-17-19-15(12-22-17)14-6-2-1-3-7-14/h1-3,6-7,12-13H,4-5,8-11H2,(H2,18,21)/t13-/m1/s1. The molecule has 0 unspecified atom stereocenters. The fraction of sp³-hybridized carbons (Fsp3) is 0.412. The van der Waals surface area contributed by atoms with E-state index < -0.39 is 0 Å². The molecule has 2 aromatic rings. The Balaban J connectivity index is 1.61. The van der Waals surface area contributed by atoms with Crippen molar-refractivity contribution in [1.29, 1.82) is 0 Å². The minimum absolute atomic E-state index is 0.188. The van der Waals surface area contributed by atoms with Crippen molar-refractivity contribution in [3.8, 4) is 11.3 Å². The Morgan fingerprint density at radius 3 is 2.95 bits per heavy atom. The van der Waals surface area contributed by atoms with Crippen molar-refractivity contribution in [3.63, 3.8) is 0 Å². The van der Waals surface area contributed by atoms with Gasteiger partial charge in [-0.2, -0.15) is 0 Å². The number of nitrogens with two attached hydrogens (primary N) is 1. The van der Waals surface area contributed by atoms with Gasteiger partial charge in [0.25, 0.3) is 0 Å². The predicted octanol–water partition coefficient (Wildman–Crippen LogP) is 2.90. The van der Waals surface area contributed by atoms with E-state index in [1.807, 2.05) is 18.2 Å². The number of hydrogen-bond donors (Lipinski definition) is 1. The van der Waals surface area contributed by atoms with Crippen molar-refractivity contribution in [1.82, 2.24) is 9.88 Å². The number of nitrogens with zero attached hydrogens (tertiary/aromatic N) is 2. The summed E-state index contributed by atoms with van der Waals surface area (Å²) in [5, 5.41) is 3.26. The first kappa shape index (κ1) is 15.2. The fourth-order valence-electron chi connectivity index (χ4n) is 3.06. The lowest BCUT2D eigenvalue weighted by molar-refractivity contribution is -0.119. The highest BCUT2D eigenvalue weighted by atomic mass is 32.1. The van der Waals surface area contributed by atoms with Gasteiger partial charge in [-0.05, 0) is 25.3 Å². The molecular formula is C17H21N3OS. The highest BCUT2D eigenvalue weighted by Crippen LogP contribution is 2.25. The molecule has 116 valence electrons. The van der Waals surface area contributed by atoms with E-state index in [9.17, 15) is 4.79 Å². The lowest BCUT2D eigenvalue weighted by Gasteiger charge is -2.31. The first-order valence-corrected chi connectivity index (χ1v) is 8.59. The Morgan fingerprint density at radius 1 is 1.36 bits per heavy atom. The molecule has 0 saturated carbocycles. The van der Waals surface area contributed by atoms with E-state index in [2.05, 4.69) is 22.4 Å². The molecule has 5 heteroatoms. The van der Waals surface area contributed by atoms with Crippen molar-refractivity contribution in [2.45, 2.75) is 25.8 Å². The average Bonchev–Trinajstić information content (AvgIpc) is 2.96. The molecule has 0 aliphatic carbocycles. The molecule has 2 heterocycles. The minimum Gasteiger partial charge on any atom is -0.370 e. The number of likely N-dealkylation sites (tertiary alicyclic amines) is 1. The summed E-state index contributed by atoms with van der Waals surface area (Å²) in [6, 6.07) is 10.3. The highest BCUT2D eigenvalue weighted by molar-refractivity contribution is 7.09. The van der Waals surface area contributed by atoms with Crippen LogP contribution >= 0.6 is 11.3 Å². The molecule has 1 aliphatic rings. The van der Waals surface area contributed by atoms with Gasteiger partial charge in [-0.15, -0.1) is 11.3 Å². The molecule has 3 rings (SSSR count). The van der Waals surface area contributed by atoms with E-state index in [0.29, 0.717) is 12.3 Å². The van der Waals surface area contributed by atoms with Crippen LogP contribution in [0.2, 0.25) is 0 Å². The Labute approximate surface area is 135 Å². The summed E-state index contributed by atoms with van der Waals surface area (Å²) in [5.74, 6) is 0.215. The van der Waals surface area contributed by atoms with Crippen molar-refractivity contribution in [2.75, 3.05) is 13.1 Å². The molecule has 0 radical (unpaired) electrons. The Morgan fingerprint density at radius 2 is 2.18 bits per heavy atom. The van der Waals surface area contributed by atoms with E-state index in [0.717, 1.165) is 48.7 Å². The second-order valence-corrected chi connectivity index (χ2v) is 6.85. The largest absolute Gasteiger partial charge is 0.370 e. The first-order chi connectivity index (χ1) is 10.7. The van der Waals surface area contributed by atoms with Crippen molar-refractivity contribution in [2.24, 2.45) is 11.7 Å². The molecular weight excluding hydrogens is 294 g/mol. The summed E-state index contributed by atoms with van der Waals surface area (Å²) < 4.78 is 0. The number of benzene rings is 1. The Bertz CT molecular complexity index is 626. The number of rotatable bonds is 5. The molecule has 1 atom stereocenters. The molecule has 1 fully saturated rings. The van der Waals surface area contributed by atoms with Crippen LogP contribution in [0.25, 0.3) is 11.3 Å². The van der Waals surface area contributed by atoms with Gasteiger partial charge in [-0.1, -0.05) is 30.3 Å². The zero-order chi connectivity index (χ0) is 15.4. The number of carbonyl (C=O) groups is 1. The lowest BCUT2D eigenvalue weighted by Crippen LogP contribution is -2.36. The highest BCUT2D eigenvalue weighted by Gasteiger charge is 2.22. The molecule has 0 bridgehead atoms. The van der Waals surface area contributed by atoms with E-state index in [4.69, 9.17) is 10.7 Å². The third-order valence-electron chi connectivity index (χ3n) is 4.07. The van der Waals surface area contributed by atoms with Gasteiger partial charge in [0.15, 0.2) is 0 Å². The molecule has 1 aromatic heterocycles. The van der Waals surface area contributed by atoms with Crippen LogP contribution in [0.3, 0.4) is 0 Å². The SMILES string of the molecule is NC(=O)C[C@H]1CCCN(Cc2nc(-c3ccccc3)cs2)C1. The van der Waals surface area contributed by atoms with Gasteiger partial charge in [0, 0.05) is 23.9 Å². The monoisotopic (exact) mass is 315 g/mol. The number of carbonyl (C=O) groups excluding carboxylic acids is 1. The van der Waals surface area contributed by atoms with E-state index in [-0.39, 0.29) is 5.91 Å². The molecule has 22 heavy (non-hydrogen) atoms. The molecule has 1 saturated heterocycles. The number of amides is 1. The number of aromatic nitrogens is 1. The molecule has 1 aliphatic heterocycles. The van der Waals surface area contributed by atoms with Crippen LogP contribution < -0.4 is 5.73 Å². The van der Waals surface area contributed by atoms with Crippen LogP contribution in [-0.4, -0.2) is 28.9 Å². The molecule has 4 nitrogen and oxygen atoms in total. The fourth-order valence-corrected chi connectivity index (χ4v) is 3.91. The number of primary amides is 1. The molecule has 2 N–H and O–H groups in total. The third-order valence-corrected chi connectivity index (χ3v) is 4.91. The summed E-state index contributed by atoms with van der Waals surface area (Å²) in [6.07, 6.45) is 2.74. The number of hydrogen-bond acceptors (Lipinski definition) is 4. The van der Waals surface area contributed by atoms with E-state index >= 15 is 0 Å². The maximum absolute atomic E-state index is 11.1. The van der Waals surface area contributed by atoms with Gasteiger partial charge < -0.3 is 5.73 Å². The second-order valence-electron chi connectivity index (χ2n) is 5.91. The summed E-state index contributed by atoms with van der Waals surface area (Å²) in [6.45, 7) is 2.89. The zero-order valence-electron chi connectivity index (χ0n) is 12.6. The van der Waals surface area contributed by atoms with Crippen molar-refractivity contribution >= 4 is 17.2 Å². The molecule has 1 aromatic carbocycles. The summed E-state index contributed by atoms with van der Waals surface area (Å²) in [7, 11) is 0. The second kappa shape index (κ2) is 7.03. The lowest BCUT2D eigenvalue weighted by atomic mass is 9.94. The smallest absolute Gasteiger partial charge is 0.217 e. The van der Waals surface area contributed by atoms with E-state index in [1.165, 1.54) is 0 Å². The van der Waals surface area contributed by atoms with E-state index in [1.54, 1.807) is 11.3 Å². The van der Waals surface area contributed by atoms with Crippen LogP contribution in [-0.2, 0) is 11.3 Å². The van der Waals surface area contributed by atoms with Crippen LogP contribution in [0.1, 0.15) is 24.3 Å². The van der Waals surface area contributed by atoms with Crippen LogP contribution in [0.4, 0.5) is 0 Å². The first-order valence-electron chi connectivity index (χ1n) is 7.71. The number of thiazole rings is 1. The van der Waals surface area contributed by atoms with Gasteiger partial charge in [0.2, 0.25) is 5.91 Å². The summed E-state index contributed by atoms with van der Waals surface area (Å²) >= 11 is 1.71. The van der Waals surface area contributed by atoms with Crippen molar-refractivity contribution < 1.29 is 4.79 Å². The number of piperidine rings is 1. The van der Waals surface area contributed by atoms with Crippen LogP contribution in [0, 0.1) is 5.92 Å². The zero-order valence-corrected chi connectivity index (χ0v) is 13.4.